The van der Waals surface area contributed by atoms with Crippen molar-refractivity contribution in [3.8, 4) is 0 Å². The van der Waals surface area contributed by atoms with Gasteiger partial charge in [-0.3, -0.25) is 4.79 Å². The van der Waals surface area contributed by atoms with Crippen LogP contribution < -0.4 is 0 Å². The number of carbonyl (C=O) groups is 2. The second-order valence-corrected chi connectivity index (χ2v) is 8.89. The van der Waals surface area contributed by atoms with Crippen molar-refractivity contribution in [1.29, 1.82) is 0 Å². The van der Waals surface area contributed by atoms with Gasteiger partial charge < -0.3 is 4.74 Å². The predicted molar refractivity (Wildman–Crippen MR) is 91.3 cm³/mol. The van der Waals surface area contributed by atoms with Gasteiger partial charge in [0.05, 0.1) is 12.1 Å². The first-order chi connectivity index (χ1) is 12.0. The van der Waals surface area contributed by atoms with Crippen molar-refractivity contribution in [2.45, 2.75) is 24.2 Å². The third kappa shape index (κ3) is 2.65. The first kappa shape index (κ1) is 16.3. The molecular weight excluding hydrogens is 362 g/mol. The third-order valence-electron chi connectivity index (χ3n) is 4.39. The van der Waals surface area contributed by atoms with Gasteiger partial charge in [0.15, 0.2) is 0 Å². The average Bonchev–Trinajstić information content (AvgIpc) is 3.23. The van der Waals surface area contributed by atoms with Crippen LogP contribution in [-0.4, -0.2) is 37.8 Å². The number of nitrogens with zero attached hydrogens (tertiary/aromatic N) is 1. The summed E-state index contributed by atoms with van der Waals surface area (Å²) in [7, 11) is -3.86. The fraction of sp³-hybridized carbons (Fsp3) is 0.294. The molecule has 2 aliphatic rings. The van der Waals surface area contributed by atoms with Crippen LogP contribution in [-0.2, 0) is 27.6 Å². The molecule has 4 rings (SSSR count). The van der Waals surface area contributed by atoms with E-state index in [4.69, 9.17) is 4.74 Å². The first-order valence-electron chi connectivity index (χ1n) is 7.93. The molecule has 2 aromatic rings. The van der Waals surface area contributed by atoms with Crippen LogP contribution >= 0.6 is 11.3 Å². The van der Waals surface area contributed by atoms with Crippen LogP contribution in [0.1, 0.15) is 36.9 Å². The Hall–Kier alpha value is -2.19. The van der Waals surface area contributed by atoms with Crippen molar-refractivity contribution >= 4 is 33.2 Å². The van der Waals surface area contributed by atoms with Gasteiger partial charge in [0.25, 0.3) is 15.9 Å². The van der Waals surface area contributed by atoms with Crippen LogP contribution in [0.4, 0.5) is 0 Å². The maximum Gasteiger partial charge on any atom is 0.348 e. The molecule has 1 aromatic heterocycles. The van der Waals surface area contributed by atoms with Crippen LogP contribution in [0.5, 0.6) is 0 Å². The number of aryl methyl sites for hydroxylation is 2. The topological polar surface area (TPSA) is 80.8 Å². The Morgan fingerprint density at radius 3 is 2.80 bits per heavy atom. The van der Waals surface area contributed by atoms with E-state index in [9.17, 15) is 18.0 Å². The fourth-order valence-corrected chi connectivity index (χ4v) is 5.87. The Labute approximate surface area is 149 Å². The summed E-state index contributed by atoms with van der Waals surface area (Å²) in [6, 6.07) is 7.92. The van der Waals surface area contributed by atoms with E-state index in [0.717, 1.165) is 23.6 Å². The molecule has 0 fully saturated rings. The summed E-state index contributed by atoms with van der Waals surface area (Å²) in [5, 5.41) is 0. The van der Waals surface area contributed by atoms with Crippen LogP contribution in [0.25, 0.3) is 0 Å². The summed E-state index contributed by atoms with van der Waals surface area (Å²) in [5.41, 5.74) is 1.35. The van der Waals surface area contributed by atoms with E-state index >= 15 is 0 Å². The standard InChI is InChI=1S/C17H15NO5S2/c19-16-12-5-1-2-7-15(12)25(21,22)18(16)8-9-23-17(20)14-10-11-4-3-6-13(11)24-14/h1-2,5,7,10H,3-4,6,8-9H2. The predicted octanol–water partition coefficient (Wildman–Crippen LogP) is 2.24. The molecule has 0 spiro atoms. The minimum atomic E-state index is -3.86. The van der Waals surface area contributed by atoms with Crippen molar-refractivity contribution < 1.29 is 22.7 Å². The van der Waals surface area contributed by atoms with Gasteiger partial charge in [-0.05, 0) is 43.0 Å². The molecule has 1 aliphatic heterocycles. The van der Waals surface area contributed by atoms with Gasteiger partial charge in [-0.15, -0.1) is 11.3 Å². The number of sulfonamides is 1. The van der Waals surface area contributed by atoms with Gasteiger partial charge in [-0.1, -0.05) is 12.1 Å². The van der Waals surface area contributed by atoms with E-state index < -0.39 is 21.9 Å². The smallest absolute Gasteiger partial charge is 0.348 e. The molecule has 0 unspecified atom stereocenters. The highest BCUT2D eigenvalue weighted by Crippen LogP contribution is 2.31. The van der Waals surface area contributed by atoms with E-state index in [0.29, 0.717) is 4.88 Å². The van der Waals surface area contributed by atoms with Gasteiger partial charge >= 0.3 is 5.97 Å². The summed E-state index contributed by atoms with van der Waals surface area (Å²) >= 11 is 1.43. The molecule has 6 nitrogen and oxygen atoms in total. The average molecular weight is 377 g/mol. The van der Waals surface area contributed by atoms with E-state index in [1.165, 1.54) is 33.9 Å². The van der Waals surface area contributed by atoms with Crippen LogP contribution in [0, 0.1) is 0 Å². The Kier molecular flexibility index (Phi) is 3.88. The zero-order chi connectivity index (χ0) is 17.6. The van der Waals surface area contributed by atoms with Gasteiger partial charge in [0.1, 0.15) is 16.4 Å². The molecule has 0 saturated heterocycles. The highest BCUT2D eigenvalue weighted by Gasteiger charge is 2.40. The van der Waals surface area contributed by atoms with Crippen molar-refractivity contribution in [2.24, 2.45) is 0 Å². The number of benzene rings is 1. The van der Waals surface area contributed by atoms with Crippen molar-refractivity contribution in [1.82, 2.24) is 4.31 Å². The molecule has 0 N–H and O–H groups in total. The van der Waals surface area contributed by atoms with Crippen molar-refractivity contribution in [3.05, 3.63) is 51.2 Å². The zero-order valence-corrected chi connectivity index (χ0v) is 14.9. The SMILES string of the molecule is O=C(OCCN1C(=O)c2ccccc2S1(=O)=O)c1cc2c(s1)CCC2. The quantitative estimate of drug-likeness (QED) is 0.764. The zero-order valence-electron chi connectivity index (χ0n) is 13.2. The van der Waals surface area contributed by atoms with Gasteiger partial charge in [-0.25, -0.2) is 17.5 Å². The number of hydrogen-bond donors (Lipinski definition) is 0. The maximum absolute atomic E-state index is 12.4. The summed E-state index contributed by atoms with van der Waals surface area (Å²) in [5.74, 6) is -1.05. The van der Waals surface area contributed by atoms with Gasteiger partial charge in [-0.2, -0.15) is 0 Å². The molecule has 25 heavy (non-hydrogen) atoms. The fourth-order valence-electron chi connectivity index (χ4n) is 3.17. The minimum absolute atomic E-state index is 0.000934. The number of amides is 1. The Morgan fingerprint density at radius 1 is 1.24 bits per heavy atom. The first-order valence-corrected chi connectivity index (χ1v) is 10.2. The molecule has 0 atom stereocenters. The molecular formula is C17H15NO5S2. The molecule has 0 saturated carbocycles. The number of ether oxygens (including phenoxy) is 1. The van der Waals surface area contributed by atoms with E-state index in [-0.39, 0.29) is 23.6 Å². The Morgan fingerprint density at radius 2 is 2.04 bits per heavy atom. The molecule has 1 amide bonds. The second-order valence-electron chi connectivity index (χ2n) is 5.93. The number of esters is 1. The molecule has 130 valence electrons. The molecule has 0 bridgehead atoms. The third-order valence-corrected chi connectivity index (χ3v) is 7.44. The monoisotopic (exact) mass is 377 g/mol. The van der Waals surface area contributed by atoms with Gasteiger partial charge in [0.2, 0.25) is 0 Å². The van der Waals surface area contributed by atoms with Crippen molar-refractivity contribution in [3.63, 3.8) is 0 Å². The molecule has 2 heterocycles. The highest BCUT2D eigenvalue weighted by atomic mass is 32.2. The number of carbonyl (C=O) groups excluding carboxylic acids is 2. The highest BCUT2D eigenvalue weighted by molar-refractivity contribution is 7.90. The summed E-state index contributed by atoms with van der Waals surface area (Å²) in [6.45, 7) is -0.354. The summed E-state index contributed by atoms with van der Waals surface area (Å²) in [4.78, 5) is 26.1. The van der Waals surface area contributed by atoms with E-state index in [1.54, 1.807) is 12.1 Å². The molecule has 0 radical (unpaired) electrons. The normalized spacial score (nSPS) is 17.4. The summed E-state index contributed by atoms with van der Waals surface area (Å²) in [6.07, 6.45) is 3.09. The molecule has 1 aromatic carbocycles. The number of hydrogen-bond acceptors (Lipinski definition) is 6. The lowest BCUT2D eigenvalue weighted by atomic mass is 10.2. The number of thiophene rings is 1. The van der Waals surface area contributed by atoms with E-state index in [1.807, 2.05) is 6.07 Å². The van der Waals surface area contributed by atoms with Crippen LogP contribution in [0.15, 0.2) is 35.2 Å². The van der Waals surface area contributed by atoms with Crippen LogP contribution in [0.2, 0.25) is 0 Å². The van der Waals surface area contributed by atoms with Crippen molar-refractivity contribution in [2.75, 3.05) is 13.2 Å². The number of rotatable bonds is 4. The largest absolute Gasteiger partial charge is 0.460 e. The lowest BCUT2D eigenvalue weighted by molar-refractivity contribution is 0.0483. The summed E-state index contributed by atoms with van der Waals surface area (Å²) < 4.78 is 30.7. The maximum atomic E-state index is 12.4. The minimum Gasteiger partial charge on any atom is -0.460 e. The lowest BCUT2D eigenvalue weighted by Crippen LogP contribution is -2.33. The van der Waals surface area contributed by atoms with Gasteiger partial charge in [0, 0.05) is 4.88 Å². The number of fused-ring (bicyclic) bond motifs is 2. The Balaban J connectivity index is 1.42. The Bertz CT molecular complexity index is 955. The molecule has 1 aliphatic carbocycles. The molecule has 8 heteroatoms. The van der Waals surface area contributed by atoms with Crippen LogP contribution in [0.3, 0.4) is 0 Å². The van der Waals surface area contributed by atoms with E-state index in [2.05, 4.69) is 0 Å². The second kappa shape index (κ2) is 5.96. The lowest BCUT2D eigenvalue weighted by Gasteiger charge is -2.14.